The Bertz CT molecular complexity index is 839. The van der Waals surface area contributed by atoms with E-state index in [0.717, 1.165) is 17.8 Å². The Morgan fingerprint density at radius 2 is 1.69 bits per heavy atom. The summed E-state index contributed by atoms with van der Waals surface area (Å²) in [5, 5.41) is 10.6. The van der Waals surface area contributed by atoms with Crippen LogP contribution in [0.2, 0.25) is 0 Å². The van der Waals surface area contributed by atoms with Gasteiger partial charge < -0.3 is 11.1 Å². The number of nitrogens with zero attached hydrogens (tertiary/aromatic N) is 1. The molecule has 0 aromatic heterocycles. The predicted molar refractivity (Wildman–Crippen MR) is 120 cm³/mol. The second kappa shape index (κ2) is 13.7. The lowest BCUT2D eigenvalue weighted by Gasteiger charge is -2.15. The van der Waals surface area contributed by atoms with Gasteiger partial charge in [0.2, 0.25) is 0 Å². The van der Waals surface area contributed by atoms with Crippen LogP contribution in [0, 0.1) is 29.8 Å². The largest absolute Gasteiger partial charge is 0.378 e. The molecular weight excluding hydrogens is 397 g/mol. The van der Waals surface area contributed by atoms with Crippen LogP contribution in [-0.4, -0.2) is 16.8 Å². The minimum atomic E-state index is -1.20. The summed E-state index contributed by atoms with van der Waals surface area (Å²) in [7, 11) is 0. The highest BCUT2D eigenvalue weighted by Gasteiger charge is 2.19. The van der Waals surface area contributed by atoms with E-state index in [1.165, 1.54) is 18.2 Å². The summed E-state index contributed by atoms with van der Waals surface area (Å²) >= 11 is 0.811. The first-order chi connectivity index (χ1) is 13.8. The fourth-order valence-corrected chi connectivity index (χ4v) is 2.75. The molecule has 0 bridgehead atoms. The van der Waals surface area contributed by atoms with Crippen molar-refractivity contribution in [2.75, 3.05) is 11.9 Å². The zero-order valence-corrected chi connectivity index (χ0v) is 18.5. The number of aryl methyl sites for hydroxylation is 1. The molecule has 0 amide bonds. The normalized spacial score (nSPS) is 10.3. The molecule has 4 nitrogen and oxygen atoms in total. The Morgan fingerprint density at radius 1 is 1.07 bits per heavy atom. The van der Waals surface area contributed by atoms with E-state index in [1.807, 2.05) is 27.7 Å². The molecule has 0 atom stereocenters. The fourth-order valence-electron chi connectivity index (χ4n) is 2.07. The number of hydrogen-bond donors (Lipinski definition) is 3. The summed E-state index contributed by atoms with van der Waals surface area (Å²) in [5.74, 6) is -2.92. The van der Waals surface area contributed by atoms with Crippen LogP contribution in [0.5, 0.6) is 0 Å². The van der Waals surface area contributed by atoms with Crippen molar-refractivity contribution < 1.29 is 13.2 Å². The molecule has 0 unspecified atom stereocenters. The average Bonchev–Trinajstić information content (AvgIpc) is 2.70. The van der Waals surface area contributed by atoms with Crippen LogP contribution >= 0.6 is 11.8 Å². The maximum Gasteiger partial charge on any atom is 0.182 e. The SMILES string of the molecule is CC.CC.CCN=C(N)SC(=N)c1ccc(F)c(F)c1Nc1ccc(C)cc1F. The highest BCUT2D eigenvalue weighted by atomic mass is 32.2. The number of nitrogens with two attached hydrogens (primary N) is 1. The van der Waals surface area contributed by atoms with E-state index >= 15 is 0 Å². The van der Waals surface area contributed by atoms with E-state index in [0.29, 0.717) is 12.1 Å². The van der Waals surface area contributed by atoms with Gasteiger partial charge in [-0.3, -0.25) is 10.4 Å². The van der Waals surface area contributed by atoms with Crippen LogP contribution in [0.25, 0.3) is 0 Å². The Hall–Kier alpha value is -2.48. The van der Waals surface area contributed by atoms with Crippen LogP contribution in [-0.2, 0) is 0 Å². The summed E-state index contributed by atoms with van der Waals surface area (Å²) in [6, 6.07) is 6.47. The van der Waals surface area contributed by atoms with Crippen LogP contribution in [0.4, 0.5) is 24.5 Å². The van der Waals surface area contributed by atoms with Crippen LogP contribution in [0.3, 0.4) is 0 Å². The molecular formula is C21H29F3N4S. The van der Waals surface area contributed by atoms with E-state index < -0.39 is 17.5 Å². The third-order valence-electron chi connectivity index (χ3n) is 3.24. The Balaban J connectivity index is 0.00000184. The molecule has 0 saturated carbocycles. The molecule has 2 aromatic carbocycles. The zero-order chi connectivity index (χ0) is 22.6. The summed E-state index contributed by atoms with van der Waals surface area (Å²) in [6.45, 7) is 11.9. The maximum absolute atomic E-state index is 14.3. The molecule has 2 aromatic rings. The fraction of sp³-hybridized carbons (Fsp3) is 0.333. The number of rotatable bonds is 4. The molecule has 0 saturated heterocycles. The van der Waals surface area contributed by atoms with Crippen LogP contribution < -0.4 is 11.1 Å². The zero-order valence-electron chi connectivity index (χ0n) is 17.7. The number of halogens is 3. The number of aliphatic imine (C=N–C) groups is 1. The number of nitrogens with one attached hydrogen (secondary N) is 2. The Morgan fingerprint density at radius 3 is 2.24 bits per heavy atom. The number of anilines is 2. The lowest BCUT2D eigenvalue weighted by atomic mass is 10.1. The summed E-state index contributed by atoms with van der Waals surface area (Å²) in [5.41, 5.74) is 6.05. The molecule has 0 radical (unpaired) electrons. The van der Waals surface area contributed by atoms with E-state index in [2.05, 4.69) is 10.3 Å². The number of hydrogen-bond acceptors (Lipinski definition) is 4. The van der Waals surface area contributed by atoms with Gasteiger partial charge >= 0.3 is 0 Å². The molecule has 0 aliphatic heterocycles. The van der Waals surface area contributed by atoms with Crippen molar-refractivity contribution in [1.82, 2.24) is 0 Å². The highest BCUT2D eigenvalue weighted by Crippen LogP contribution is 2.30. The van der Waals surface area contributed by atoms with Crippen molar-refractivity contribution in [3.63, 3.8) is 0 Å². The average molecular weight is 427 g/mol. The second-order valence-electron chi connectivity index (χ2n) is 5.14. The van der Waals surface area contributed by atoms with Gasteiger partial charge in [0.15, 0.2) is 16.8 Å². The smallest absolute Gasteiger partial charge is 0.182 e. The van der Waals surface area contributed by atoms with Crippen LogP contribution in [0.1, 0.15) is 45.7 Å². The van der Waals surface area contributed by atoms with Gasteiger partial charge in [0.05, 0.1) is 11.4 Å². The molecule has 8 heteroatoms. The molecule has 0 heterocycles. The first kappa shape index (κ1) is 26.5. The topological polar surface area (TPSA) is 74.3 Å². The first-order valence-electron chi connectivity index (χ1n) is 9.41. The lowest BCUT2D eigenvalue weighted by Crippen LogP contribution is -2.13. The van der Waals surface area contributed by atoms with Crippen molar-refractivity contribution >= 4 is 33.3 Å². The predicted octanol–water partition coefficient (Wildman–Crippen LogP) is 6.60. The van der Waals surface area contributed by atoms with Gasteiger partial charge in [-0.15, -0.1) is 0 Å². The number of thioether (sulfide) groups is 1. The molecule has 160 valence electrons. The quantitative estimate of drug-likeness (QED) is 0.381. The van der Waals surface area contributed by atoms with Crippen molar-refractivity contribution in [2.24, 2.45) is 10.7 Å². The van der Waals surface area contributed by atoms with E-state index in [-0.39, 0.29) is 27.1 Å². The lowest BCUT2D eigenvalue weighted by molar-refractivity contribution is 0.511. The highest BCUT2D eigenvalue weighted by molar-refractivity contribution is 8.26. The minimum Gasteiger partial charge on any atom is -0.378 e. The summed E-state index contributed by atoms with van der Waals surface area (Å²) in [4.78, 5) is 3.94. The van der Waals surface area contributed by atoms with E-state index in [9.17, 15) is 13.2 Å². The molecule has 0 spiro atoms. The van der Waals surface area contributed by atoms with Crippen molar-refractivity contribution in [1.29, 1.82) is 5.41 Å². The van der Waals surface area contributed by atoms with Crippen molar-refractivity contribution in [3.05, 3.63) is 58.9 Å². The van der Waals surface area contributed by atoms with Gasteiger partial charge in [-0.05, 0) is 55.4 Å². The maximum atomic E-state index is 14.3. The number of amidine groups is 1. The molecule has 0 aliphatic carbocycles. The van der Waals surface area contributed by atoms with Gasteiger partial charge in [-0.1, -0.05) is 33.8 Å². The monoisotopic (exact) mass is 426 g/mol. The van der Waals surface area contributed by atoms with E-state index in [1.54, 1.807) is 19.9 Å². The third-order valence-corrected chi connectivity index (χ3v) is 4.01. The van der Waals surface area contributed by atoms with Crippen molar-refractivity contribution in [3.8, 4) is 0 Å². The van der Waals surface area contributed by atoms with Gasteiger partial charge in [-0.25, -0.2) is 13.2 Å². The molecule has 29 heavy (non-hydrogen) atoms. The van der Waals surface area contributed by atoms with Gasteiger partial charge in [0, 0.05) is 12.1 Å². The molecule has 4 N–H and O–H groups in total. The Kier molecular flexibility index (Phi) is 12.5. The van der Waals surface area contributed by atoms with Crippen molar-refractivity contribution in [2.45, 2.75) is 41.5 Å². The second-order valence-corrected chi connectivity index (χ2v) is 6.17. The summed E-state index contributed by atoms with van der Waals surface area (Å²) in [6.07, 6.45) is 0. The standard InChI is InChI=1S/C17H17F3N4S.2C2H6/c1-3-23-17(22)25-16(21)10-5-6-11(18)14(20)15(10)24-13-7-4-9(2)8-12(13)19;2*1-2/h4-8,21,24H,3H2,1-2H3,(H2,22,23);2*1-2H3. The molecule has 0 fully saturated rings. The minimum absolute atomic E-state index is 0.0238. The van der Waals surface area contributed by atoms with E-state index in [4.69, 9.17) is 11.1 Å². The molecule has 0 aliphatic rings. The number of benzene rings is 2. The molecule has 2 rings (SSSR count). The van der Waals surface area contributed by atoms with Gasteiger partial charge in [-0.2, -0.15) is 0 Å². The Labute approximate surface area is 175 Å². The van der Waals surface area contributed by atoms with Gasteiger partial charge in [0.1, 0.15) is 10.9 Å². The third kappa shape index (κ3) is 7.81. The van der Waals surface area contributed by atoms with Crippen LogP contribution in [0.15, 0.2) is 35.3 Å². The van der Waals surface area contributed by atoms with Gasteiger partial charge in [0.25, 0.3) is 0 Å². The summed E-state index contributed by atoms with van der Waals surface area (Å²) < 4.78 is 42.0. The first-order valence-corrected chi connectivity index (χ1v) is 10.2.